The van der Waals surface area contributed by atoms with Gasteiger partial charge in [-0.15, -0.1) is 11.3 Å². The van der Waals surface area contributed by atoms with Crippen LogP contribution in [0.25, 0.3) is 20.2 Å². The lowest BCUT2D eigenvalue weighted by Crippen LogP contribution is -2.02. The molecule has 0 fully saturated rings. The minimum absolute atomic E-state index is 0.0117. The molecule has 0 saturated carbocycles. The highest BCUT2D eigenvalue weighted by molar-refractivity contribution is 7.24. The third-order valence-corrected chi connectivity index (χ3v) is 4.50. The molecule has 3 aromatic rings. The Balaban J connectivity index is 2.41. The molecule has 0 unspecified atom stereocenters. The third kappa shape index (κ3) is 2.19. The second-order valence-corrected chi connectivity index (χ2v) is 5.58. The number of methoxy groups -OCH3 is 3. The van der Waals surface area contributed by atoms with Gasteiger partial charge in [0.1, 0.15) is 5.75 Å². The van der Waals surface area contributed by atoms with Gasteiger partial charge in [-0.25, -0.2) is 0 Å². The van der Waals surface area contributed by atoms with Crippen LogP contribution in [-0.2, 0) is 0 Å². The summed E-state index contributed by atoms with van der Waals surface area (Å²) >= 11 is 1.53. The van der Waals surface area contributed by atoms with Crippen LogP contribution in [0.3, 0.4) is 0 Å². The highest BCUT2D eigenvalue weighted by Gasteiger charge is 2.12. The van der Waals surface area contributed by atoms with E-state index in [-0.39, 0.29) is 5.43 Å². The highest BCUT2D eigenvalue weighted by Crippen LogP contribution is 2.35. The summed E-state index contributed by atoms with van der Waals surface area (Å²) in [5, 5.41) is 1.32. The molecule has 4 nitrogen and oxygen atoms in total. The molecule has 108 valence electrons. The fourth-order valence-corrected chi connectivity index (χ4v) is 3.40. The largest absolute Gasteiger partial charge is 0.497 e. The SMILES string of the molecule is COc1ccc2c(=O)c3cc(OC)c(OC)cc3sc2c1. The molecule has 0 radical (unpaired) electrons. The van der Waals surface area contributed by atoms with Crippen molar-refractivity contribution in [2.24, 2.45) is 0 Å². The summed E-state index contributed by atoms with van der Waals surface area (Å²) in [6.45, 7) is 0. The molecule has 5 heteroatoms. The van der Waals surface area contributed by atoms with Crippen molar-refractivity contribution < 1.29 is 14.2 Å². The highest BCUT2D eigenvalue weighted by atomic mass is 32.1. The maximum absolute atomic E-state index is 12.6. The van der Waals surface area contributed by atoms with Crippen molar-refractivity contribution in [2.45, 2.75) is 0 Å². The Hall–Kier alpha value is -2.27. The van der Waals surface area contributed by atoms with Gasteiger partial charge in [0.15, 0.2) is 16.9 Å². The molecular weight excluding hydrogens is 288 g/mol. The van der Waals surface area contributed by atoms with Gasteiger partial charge in [-0.2, -0.15) is 0 Å². The maximum Gasteiger partial charge on any atom is 0.196 e. The normalized spacial score (nSPS) is 10.8. The molecule has 21 heavy (non-hydrogen) atoms. The second-order valence-electron chi connectivity index (χ2n) is 4.50. The summed E-state index contributed by atoms with van der Waals surface area (Å²) in [6.07, 6.45) is 0. The molecule has 0 spiro atoms. The average Bonchev–Trinajstić information content (AvgIpc) is 2.53. The fraction of sp³-hybridized carbons (Fsp3) is 0.188. The van der Waals surface area contributed by atoms with E-state index >= 15 is 0 Å². The number of benzene rings is 2. The van der Waals surface area contributed by atoms with Crippen molar-refractivity contribution in [3.63, 3.8) is 0 Å². The summed E-state index contributed by atoms with van der Waals surface area (Å²) in [5.41, 5.74) is -0.0117. The molecule has 0 aliphatic heterocycles. The van der Waals surface area contributed by atoms with Crippen LogP contribution >= 0.6 is 11.3 Å². The van der Waals surface area contributed by atoms with Crippen molar-refractivity contribution in [1.29, 1.82) is 0 Å². The topological polar surface area (TPSA) is 44.8 Å². The first kappa shape index (κ1) is 13.7. The van der Waals surface area contributed by atoms with E-state index < -0.39 is 0 Å². The van der Waals surface area contributed by atoms with Crippen molar-refractivity contribution in [2.75, 3.05) is 21.3 Å². The Morgan fingerprint density at radius 3 is 2.14 bits per heavy atom. The van der Waals surface area contributed by atoms with Gasteiger partial charge in [0, 0.05) is 26.2 Å². The molecule has 3 rings (SSSR count). The molecule has 1 aromatic heterocycles. The fourth-order valence-electron chi connectivity index (χ4n) is 2.29. The molecular formula is C16H14O4S. The third-order valence-electron chi connectivity index (χ3n) is 3.38. The second kappa shape index (κ2) is 5.26. The van der Waals surface area contributed by atoms with Gasteiger partial charge >= 0.3 is 0 Å². The van der Waals surface area contributed by atoms with E-state index in [1.807, 2.05) is 12.1 Å². The molecule has 0 saturated heterocycles. The van der Waals surface area contributed by atoms with Crippen LogP contribution in [0.2, 0.25) is 0 Å². The van der Waals surface area contributed by atoms with Crippen molar-refractivity contribution in [3.8, 4) is 17.2 Å². The number of ether oxygens (including phenoxy) is 3. The summed E-state index contributed by atoms with van der Waals surface area (Å²) in [7, 11) is 4.75. The number of rotatable bonds is 3. The molecule has 0 N–H and O–H groups in total. The van der Waals surface area contributed by atoms with E-state index in [1.165, 1.54) is 11.3 Å². The lowest BCUT2D eigenvalue weighted by molar-refractivity contribution is 0.356. The van der Waals surface area contributed by atoms with Crippen LogP contribution in [0, 0.1) is 0 Å². The zero-order chi connectivity index (χ0) is 15.0. The van der Waals surface area contributed by atoms with E-state index in [9.17, 15) is 4.79 Å². The van der Waals surface area contributed by atoms with E-state index in [2.05, 4.69) is 0 Å². The zero-order valence-corrected chi connectivity index (χ0v) is 12.7. The van der Waals surface area contributed by atoms with Crippen LogP contribution in [0.1, 0.15) is 0 Å². The smallest absolute Gasteiger partial charge is 0.196 e. The first-order chi connectivity index (χ1) is 10.2. The minimum atomic E-state index is -0.0117. The summed E-state index contributed by atoms with van der Waals surface area (Å²) < 4.78 is 17.5. The zero-order valence-electron chi connectivity index (χ0n) is 11.9. The number of fused-ring (bicyclic) bond motifs is 2. The van der Waals surface area contributed by atoms with Crippen molar-refractivity contribution in [1.82, 2.24) is 0 Å². The first-order valence-corrected chi connectivity index (χ1v) is 7.16. The van der Waals surface area contributed by atoms with Gasteiger partial charge < -0.3 is 14.2 Å². The Morgan fingerprint density at radius 1 is 0.810 bits per heavy atom. The van der Waals surface area contributed by atoms with Gasteiger partial charge in [-0.1, -0.05) is 0 Å². The average molecular weight is 302 g/mol. The van der Waals surface area contributed by atoms with Crippen molar-refractivity contribution in [3.05, 3.63) is 40.6 Å². The maximum atomic E-state index is 12.6. The van der Waals surface area contributed by atoms with E-state index in [0.29, 0.717) is 22.3 Å². The van der Waals surface area contributed by atoms with Gasteiger partial charge in [-0.3, -0.25) is 4.79 Å². The minimum Gasteiger partial charge on any atom is -0.497 e. The molecule has 2 aromatic carbocycles. The summed E-state index contributed by atoms with van der Waals surface area (Å²) in [4.78, 5) is 12.6. The summed E-state index contributed by atoms with van der Waals surface area (Å²) in [5.74, 6) is 1.91. The quantitative estimate of drug-likeness (QED) is 0.695. The summed E-state index contributed by atoms with van der Waals surface area (Å²) in [6, 6.07) is 9.03. The van der Waals surface area contributed by atoms with E-state index in [1.54, 1.807) is 39.5 Å². The molecule has 0 amide bonds. The monoisotopic (exact) mass is 302 g/mol. The van der Waals surface area contributed by atoms with Crippen LogP contribution < -0.4 is 19.6 Å². The van der Waals surface area contributed by atoms with Crippen LogP contribution in [-0.4, -0.2) is 21.3 Å². The molecule has 1 heterocycles. The standard InChI is InChI=1S/C16H14O4S/c1-18-9-4-5-10-14(6-9)21-15-8-13(20-3)12(19-2)7-11(15)16(10)17/h4-8H,1-3H3. The Bertz CT molecular complexity index is 883. The Kier molecular flexibility index (Phi) is 3.43. The number of hydrogen-bond acceptors (Lipinski definition) is 5. The molecule has 0 aliphatic carbocycles. The van der Waals surface area contributed by atoms with Crippen LogP contribution in [0.5, 0.6) is 17.2 Å². The predicted octanol–water partition coefficient (Wildman–Crippen LogP) is 3.44. The van der Waals surface area contributed by atoms with Crippen LogP contribution in [0.4, 0.5) is 0 Å². The van der Waals surface area contributed by atoms with E-state index in [4.69, 9.17) is 14.2 Å². The van der Waals surface area contributed by atoms with Gasteiger partial charge in [0.05, 0.1) is 21.3 Å². The lowest BCUT2D eigenvalue weighted by Gasteiger charge is -2.09. The molecule has 0 atom stereocenters. The Labute approximate surface area is 125 Å². The number of hydrogen-bond donors (Lipinski definition) is 0. The van der Waals surface area contributed by atoms with Gasteiger partial charge in [0.25, 0.3) is 0 Å². The van der Waals surface area contributed by atoms with Gasteiger partial charge in [-0.05, 0) is 24.3 Å². The van der Waals surface area contributed by atoms with Crippen molar-refractivity contribution >= 4 is 31.5 Å². The Morgan fingerprint density at radius 2 is 1.48 bits per heavy atom. The van der Waals surface area contributed by atoms with Gasteiger partial charge in [0.2, 0.25) is 0 Å². The predicted molar refractivity (Wildman–Crippen MR) is 85.3 cm³/mol. The first-order valence-electron chi connectivity index (χ1n) is 6.34. The van der Waals surface area contributed by atoms with Crippen LogP contribution in [0.15, 0.2) is 35.1 Å². The lowest BCUT2D eigenvalue weighted by atomic mass is 10.1. The van der Waals surface area contributed by atoms with E-state index in [0.717, 1.165) is 15.1 Å². The molecule has 0 aliphatic rings. The molecule has 0 bridgehead atoms.